The lowest BCUT2D eigenvalue weighted by atomic mass is 10.3. The maximum Gasteiger partial charge on any atom is 0.228 e. The summed E-state index contributed by atoms with van der Waals surface area (Å²) in [5.41, 5.74) is 6.64. The minimum Gasteiger partial charge on any atom is -0.326 e. The smallest absolute Gasteiger partial charge is 0.228 e. The largest absolute Gasteiger partial charge is 0.326 e. The van der Waals surface area contributed by atoms with E-state index in [1.165, 1.54) is 0 Å². The van der Waals surface area contributed by atoms with E-state index in [4.69, 9.17) is 5.73 Å². The Morgan fingerprint density at radius 3 is 2.43 bits per heavy atom. The van der Waals surface area contributed by atoms with Crippen LogP contribution in [0, 0.1) is 0 Å². The van der Waals surface area contributed by atoms with Crippen molar-refractivity contribution in [2.45, 2.75) is 12.5 Å². The molecule has 1 unspecified atom stereocenters. The van der Waals surface area contributed by atoms with Gasteiger partial charge in [0.15, 0.2) is 0 Å². The maximum absolute atomic E-state index is 11.4. The number of para-hydroxylation sites is 1. The third-order valence-corrected chi connectivity index (χ3v) is 2.22. The molecule has 1 aromatic rings. The highest BCUT2D eigenvalue weighted by molar-refractivity contribution is 5.96. The molecule has 0 radical (unpaired) electrons. The highest BCUT2D eigenvalue weighted by Crippen LogP contribution is 2.19. The van der Waals surface area contributed by atoms with Gasteiger partial charge in [-0.25, -0.2) is 0 Å². The molecular formula is C10H13ClN2O. The summed E-state index contributed by atoms with van der Waals surface area (Å²) in [5.74, 6) is 0.124. The number of anilines is 1. The van der Waals surface area contributed by atoms with Crippen LogP contribution in [0.5, 0.6) is 0 Å². The van der Waals surface area contributed by atoms with Gasteiger partial charge >= 0.3 is 0 Å². The first-order valence-corrected chi connectivity index (χ1v) is 4.38. The minimum atomic E-state index is -0.00675. The number of halogens is 1. The van der Waals surface area contributed by atoms with Crippen LogP contribution in [0.2, 0.25) is 0 Å². The molecule has 1 amide bonds. The van der Waals surface area contributed by atoms with Crippen molar-refractivity contribution in [1.29, 1.82) is 0 Å². The van der Waals surface area contributed by atoms with Crippen LogP contribution in [-0.4, -0.2) is 18.5 Å². The van der Waals surface area contributed by atoms with Gasteiger partial charge in [0.1, 0.15) is 0 Å². The number of carbonyl (C=O) groups is 1. The third-order valence-electron chi connectivity index (χ3n) is 2.22. The number of hydrogen-bond acceptors (Lipinski definition) is 2. The fraction of sp³-hybridized carbons (Fsp3) is 0.300. The first-order valence-electron chi connectivity index (χ1n) is 4.38. The van der Waals surface area contributed by atoms with Crippen molar-refractivity contribution in [1.82, 2.24) is 0 Å². The van der Waals surface area contributed by atoms with Crippen LogP contribution in [0.15, 0.2) is 30.3 Å². The number of hydrogen-bond donors (Lipinski definition) is 1. The van der Waals surface area contributed by atoms with Crippen LogP contribution in [-0.2, 0) is 4.79 Å². The van der Waals surface area contributed by atoms with Gasteiger partial charge in [0.2, 0.25) is 5.91 Å². The lowest BCUT2D eigenvalue weighted by molar-refractivity contribution is -0.117. The molecule has 2 N–H and O–H groups in total. The summed E-state index contributed by atoms with van der Waals surface area (Å²) in [6, 6.07) is 9.63. The topological polar surface area (TPSA) is 46.3 Å². The molecule has 14 heavy (non-hydrogen) atoms. The molecule has 1 heterocycles. The molecule has 1 aromatic carbocycles. The van der Waals surface area contributed by atoms with E-state index in [1.807, 2.05) is 30.3 Å². The van der Waals surface area contributed by atoms with Crippen LogP contribution in [0.25, 0.3) is 0 Å². The Morgan fingerprint density at radius 2 is 1.93 bits per heavy atom. The number of benzene rings is 1. The quantitative estimate of drug-likeness (QED) is 0.760. The van der Waals surface area contributed by atoms with E-state index in [1.54, 1.807) is 4.90 Å². The first kappa shape index (κ1) is 11.0. The van der Waals surface area contributed by atoms with Gasteiger partial charge in [-0.15, -0.1) is 12.4 Å². The van der Waals surface area contributed by atoms with Crippen LogP contribution >= 0.6 is 12.4 Å². The van der Waals surface area contributed by atoms with E-state index in [-0.39, 0.29) is 24.4 Å². The Morgan fingerprint density at radius 1 is 1.29 bits per heavy atom. The third kappa shape index (κ3) is 2.05. The van der Waals surface area contributed by atoms with Gasteiger partial charge in [0, 0.05) is 24.7 Å². The fourth-order valence-corrected chi connectivity index (χ4v) is 1.59. The van der Waals surface area contributed by atoms with Gasteiger partial charge in [-0.3, -0.25) is 4.79 Å². The average molecular weight is 213 g/mol. The molecule has 1 fully saturated rings. The van der Waals surface area contributed by atoms with Gasteiger partial charge in [-0.2, -0.15) is 0 Å². The Hall–Kier alpha value is -1.06. The van der Waals surface area contributed by atoms with E-state index >= 15 is 0 Å². The molecule has 0 aromatic heterocycles. The van der Waals surface area contributed by atoms with Crippen molar-refractivity contribution in [3.05, 3.63) is 30.3 Å². The summed E-state index contributed by atoms with van der Waals surface area (Å²) in [7, 11) is 0. The van der Waals surface area contributed by atoms with Gasteiger partial charge < -0.3 is 10.6 Å². The van der Waals surface area contributed by atoms with E-state index < -0.39 is 0 Å². The van der Waals surface area contributed by atoms with Crippen LogP contribution in [0.1, 0.15) is 6.42 Å². The SMILES string of the molecule is Cl.NC1CC(=O)N(c2ccccc2)C1. The predicted octanol–water partition coefficient (Wildman–Crippen LogP) is 1.17. The zero-order chi connectivity index (χ0) is 9.26. The fourth-order valence-electron chi connectivity index (χ4n) is 1.59. The van der Waals surface area contributed by atoms with Crippen LogP contribution in [0.3, 0.4) is 0 Å². The standard InChI is InChI=1S/C10H12N2O.ClH/c11-8-6-10(13)12(7-8)9-4-2-1-3-5-9;/h1-5,8H,6-7,11H2;1H. The van der Waals surface area contributed by atoms with E-state index in [2.05, 4.69) is 0 Å². The number of carbonyl (C=O) groups excluding carboxylic acids is 1. The minimum absolute atomic E-state index is 0. The Labute approximate surface area is 89.3 Å². The zero-order valence-electron chi connectivity index (χ0n) is 7.72. The second-order valence-electron chi connectivity index (χ2n) is 3.30. The second-order valence-corrected chi connectivity index (χ2v) is 3.30. The van der Waals surface area contributed by atoms with Crippen molar-refractivity contribution in [2.24, 2.45) is 5.73 Å². The average Bonchev–Trinajstić information content (AvgIpc) is 2.47. The van der Waals surface area contributed by atoms with Gasteiger partial charge in [0.05, 0.1) is 0 Å². The molecular weight excluding hydrogens is 200 g/mol. The van der Waals surface area contributed by atoms with Gasteiger partial charge in [-0.1, -0.05) is 18.2 Å². The molecule has 0 bridgehead atoms. The number of nitrogens with zero attached hydrogens (tertiary/aromatic N) is 1. The summed E-state index contributed by atoms with van der Waals surface area (Å²) in [6.07, 6.45) is 0.467. The first-order chi connectivity index (χ1) is 6.27. The Balaban J connectivity index is 0.000000980. The highest BCUT2D eigenvalue weighted by Gasteiger charge is 2.27. The lowest BCUT2D eigenvalue weighted by Gasteiger charge is -2.15. The molecule has 0 saturated carbocycles. The summed E-state index contributed by atoms with van der Waals surface area (Å²) < 4.78 is 0. The van der Waals surface area contributed by atoms with Crippen molar-refractivity contribution in [3.63, 3.8) is 0 Å². The van der Waals surface area contributed by atoms with E-state index in [0.717, 1.165) is 5.69 Å². The maximum atomic E-state index is 11.4. The number of amides is 1. The lowest BCUT2D eigenvalue weighted by Crippen LogP contribution is -2.27. The molecule has 0 spiro atoms. The summed E-state index contributed by atoms with van der Waals surface area (Å²) in [4.78, 5) is 13.2. The molecule has 0 aliphatic carbocycles. The zero-order valence-corrected chi connectivity index (χ0v) is 8.54. The Bertz CT molecular complexity index is 315. The predicted molar refractivity (Wildman–Crippen MR) is 58.6 cm³/mol. The molecule has 4 heteroatoms. The van der Waals surface area contributed by atoms with Crippen molar-refractivity contribution < 1.29 is 4.79 Å². The van der Waals surface area contributed by atoms with Crippen molar-refractivity contribution in [2.75, 3.05) is 11.4 Å². The number of rotatable bonds is 1. The highest BCUT2D eigenvalue weighted by atomic mass is 35.5. The molecule has 76 valence electrons. The van der Waals surface area contributed by atoms with Crippen molar-refractivity contribution >= 4 is 24.0 Å². The molecule has 1 atom stereocenters. The van der Waals surface area contributed by atoms with E-state index in [9.17, 15) is 4.79 Å². The monoisotopic (exact) mass is 212 g/mol. The summed E-state index contributed by atoms with van der Waals surface area (Å²) in [5, 5.41) is 0. The summed E-state index contributed by atoms with van der Waals surface area (Å²) in [6.45, 7) is 0.642. The van der Waals surface area contributed by atoms with E-state index in [0.29, 0.717) is 13.0 Å². The normalized spacial score (nSPS) is 20.8. The van der Waals surface area contributed by atoms with Gasteiger partial charge in [-0.05, 0) is 12.1 Å². The van der Waals surface area contributed by atoms with Gasteiger partial charge in [0.25, 0.3) is 0 Å². The molecule has 2 rings (SSSR count). The summed E-state index contributed by atoms with van der Waals surface area (Å²) >= 11 is 0. The van der Waals surface area contributed by atoms with Crippen LogP contribution < -0.4 is 10.6 Å². The Kier molecular flexibility index (Phi) is 3.49. The number of nitrogens with two attached hydrogens (primary N) is 1. The van der Waals surface area contributed by atoms with Crippen LogP contribution in [0.4, 0.5) is 5.69 Å². The molecule has 3 nitrogen and oxygen atoms in total. The second kappa shape index (κ2) is 4.44. The molecule has 1 aliphatic heterocycles. The molecule has 1 saturated heterocycles. The molecule has 1 aliphatic rings. The van der Waals surface area contributed by atoms with Crippen molar-refractivity contribution in [3.8, 4) is 0 Å².